The van der Waals surface area contributed by atoms with Gasteiger partial charge in [0.25, 0.3) is 0 Å². The van der Waals surface area contributed by atoms with Crippen molar-refractivity contribution >= 4 is 68.0 Å². The van der Waals surface area contributed by atoms with Gasteiger partial charge in [0.15, 0.2) is 0 Å². The minimum Gasteiger partial charge on any atom is -0.376 e. The molecule has 0 spiro atoms. The number of hydrogen-bond acceptors (Lipinski definition) is 2. The summed E-state index contributed by atoms with van der Waals surface area (Å²) in [7, 11) is 0. The van der Waals surface area contributed by atoms with Gasteiger partial charge in [-0.05, 0) is 105 Å². The molecule has 58 heavy (non-hydrogen) atoms. The standard InChI is InChI=1S/C54H42BN3/c1-53(2)43-27-15-16-28-44(43)54(3,4)46-34-49-41(33-45(46)53)42-31-38(56(35-19-8-5-9-20-35)36-21-10-6-11-22-36)32-50-51(42)55(58(49)37-23-12-7-13-24-37)47-29-18-26-40-39-25-14-17-30-48(39)57(50)52(40)47/h5-34H,1-4H3. The van der Waals surface area contributed by atoms with Gasteiger partial charge in [-0.15, -0.1) is 0 Å². The van der Waals surface area contributed by atoms with Crippen molar-refractivity contribution in [2.45, 2.75) is 38.5 Å². The summed E-state index contributed by atoms with van der Waals surface area (Å²) in [4.78, 5) is 5.09. The average molecular weight is 744 g/mol. The fourth-order valence-electron chi connectivity index (χ4n) is 10.9. The normalized spacial score (nSPS) is 15.1. The predicted octanol–water partition coefficient (Wildman–Crippen LogP) is 12.5. The largest absolute Gasteiger partial charge is 0.376 e. The fourth-order valence-corrected chi connectivity index (χ4v) is 10.9. The Labute approximate surface area is 340 Å². The van der Waals surface area contributed by atoms with E-state index in [9.17, 15) is 0 Å². The second-order valence-electron chi connectivity index (χ2n) is 17.3. The van der Waals surface area contributed by atoms with Gasteiger partial charge >= 0.3 is 6.85 Å². The third-order valence-electron chi connectivity index (χ3n) is 13.6. The number of fused-ring (bicyclic) bond motifs is 9. The number of para-hydroxylation sites is 5. The molecule has 9 aromatic rings. The average Bonchev–Trinajstić information content (AvgIpc) is 3.61. The number of anilines is 5. The Morgan fingerprint density at radius 2 is 1.02 bits per heavy atom. The van der Waals surface area contributed by atoms with Crippen LogP contribution in [0.1, 0.15) is 49.9 Å². The lowest BCUT2D eigenvalue weighted by Crippen LogP contribution is -2.60. The minimum absolute atomic E-state index is 0.0542. The van der Waals surface area contributed by atoms with E-state index in [1.165, 1.54) is 83.2 Å². The first-order chi connectivity index (χ1) is 28.3. The van der Waals surface area contributed by atoms with Crippen molar-refractivity contribution in [2.75, 3.05) is 9.71 Å². The molecule has 0 bridgehead atoms. The van der Waals surface area contributed by atoms with Crippen molar-refractivity contribution in [3.8, 4) is 16.8 Å². The van der Waals surface area contributed by atoms with Gasteiger partial charge in [-0.2, -0.15) is 0 Å². The van der Waals surface area contributed by atoms with E-state index >= 15 is 0 Å². The number of aromatic nitrogens is 1. The molecule has 0 saturated carbocycles. The van der Waals surface area contributed by atoms with Crippen LogP contribution in [-0.4, -0.2) is 11.4 Å². The van der Waals surface area contributed by atoms with E-state index in [2.05, 4.69) is 224 Å². The summed E-state index contributed by atoms with van der Waals surface area (Å²) >= 11 is 0. The van der Waals surface area contributed by atoms with E-state index in [4.69, 9.17) is 0 Å². The summed E-state index contributed by atoms with van der Waals surface area (Å²) < 4.78 is 2.57. The zero-order valence-corrected chi connectivity index (χ0v) is 33.2. The topological polar surface area (TPSA) is 11.4 Å². The quantitative estimate of drug-likeness (QED) is 0.166. The van der Waals surface area contributed by atoms with Gasteiger partial charge in [0, 0.05) is 61.3 Å². The highest BCUT2D eigenvalue weighted by Gasteiger charge is 2.47. The highest BCUT2D eigenvalue weighted by atomic mass is 15.2. The van der Waals surface area contributed by atoms with Gasteiger partial charge in [-0.25, -0.2) is 0 Å². The highest BCUT2D eigenvalue weighted by Crippen LogP contribution is 2.55. The summed E-state index contributed by atoms with van der Waals surface area (Å²) in [5.41, 5.74) is 20.0. The van der Waals surface area contributed by atoms with E-state index in [1.807, 2.05) is 0 Å². The Morgan fingerprint density at radius 3 is 1.69 bits per heavy atom. The summed E-state index contributed by atoms with van der Waals surface area (Å²) in [6, 6.07) is 67.9. The molecule has 276 valence electrons. The summed E-state index contributed by atoms with van der Waals surface area (Å²) in [5, 5.41) is 2.57. The van der Waals surface area contributed by atoms with Crippen molar-refractivity contribution in [2.24, 2.45) is 0 Å². The van der Waals surface area contributed by atoms with Crippen LogP contribution in [0.15, 0.2) is 182 Å². The van der Waals surface area contributed by atoms with Crippen LogP contribution in [0, 0.1) is 0 Å². The van der Waals surface area contributed by atoms with Crippen molar-refractivity contribution in [3.05, 3.63) is 204 Å². The molecule has 1 aliphatic carbocycles. The number of nitrogens with zero attached hydrogens (tertiary/aromatic N) is 3. The van der Waals surface area contributed by atoms with Gasteiger partial charge in [-0.1, -0.05) is 143 Å². The maximum absolute atomic E-state index is 2.66. The van der Waals surface area contributed by atoms with Crippen molar-refractivity contribution in [3.63, 3.8) is 0 Å². The van der Waals surface area contributed by atoms with Crippen LogP contribution < -0.4 is 20.6 Å². The minimum atomic E-state index is -0.196. The van der Waals surface area contributed by atoms with Gasteiger partial charge in [0.1, 0.15) is 0 Å². The second-order valence-corrected chi connectivity index (χ2v) is 17.3. The van der Waals surface area contributed by atoms with E-state index in [1.54, 1.807) is 0 Å². The highest BCUT2D eigenvalue weighted by molar-refractivity contribution is 6.93. The lowest BCUT2D eigenvalue weighted by molar-refractivity contribution is 0.521. The molecular formula is C54H42BN3. The third-order valence-corrected chi connectivity index (χ3v) is 13.6. The molecule has 0 amide bonds. The Morgan fingerprint density at radius 1 is 0.448 bits per heavy atom. The Balaban J connectivity index is 1.26. The van der Waals surface area contributed by atoms with Crippen LogP contribution in [-0.2, 0) is 10.8 Å². The van der Waals surface area contributed by atoms with E-state index in [0.29, 0.717) is 0 Å². The molecule has 3 heterocycles. The van der Waals surface area contributed by atoms with Crippen molar-refractivity contribution < 1.29 is 0 Å². The Hall–Kier alpha value is -6.78. The molecule has 0 saturated heterocycles. The van der Waals surface area contributed by atoms with Gasteiger partial charge < -0.3 is 14.3 Å². The van der Waals surface area contributed by atoms with Crippen LogP contribution in [0.5, 0.6) is 0 Å². The van der Waals surface area contributed by atoms with Crippen molar-refractivity contribution in [1.82, 2.24) is 4.57 Å². The van der Waals surface area contributed by atoms with Crippen molar-refractivity contribution in [1.29, 1.82) is 0 Å². The molecular weight excluding hydrogens is 701 g/mol. The lowest BCUT2D eigenvalue weighted by atomic mass is 9.43. The zero-order chi connectivity index (χ0) is 38.9. The molecule has 3 aliphatic rings. The monoisotopic (exact) mass is 743 g/mol. The number of benzene rings is 8. The summed E-state index contributed by atoms with van der Waals surface area (Å²) in [5.74, 6) is 0. The van der Waals surface area contributed by atoms with Crippen LogP contribution in [0.3, 0.4) is 0 Å². The molecule has 4 heteroatoms. The molecule has 0 atom stereocenters. The summed E-state index contributed by atoms with van der Waals surface area (Å²) in [6.07, 6.45) is 0. The first kappa shape index (κ1) is 33.4. The number of rotatable bonds is 4. The van der Waals surface area contributed by atoms with E-state index < -0.39 is 0 Å². The van der Waals surface area contributed by atoms with Crippen LogP contribution >= 0.6 is 0 Å². The first-order valence-corrected chi connectivity index (χ1v) is 20.6. The van der Waals surface area contributed by atoms with Gasteiger partial charge in [0.2, 0.25) is 0 Å². The molecule has 0 radical (unpaired) electrons. The van der Waals surface area contributed by atoms with Crippen LogP contribution in [0.4, 0.5) is 28.4 Å². The number of hydrogen-bond donors (Lipinski definition) is 0. The second kappa shape index (κ2) is 11.9. The maximum atomic E-state index is 2.66. The molecule has 3 nitrogen and oxygen atoms in total. The van der Waals surface area contributed by atoms with Crippen LogP contribution in [0.2, 0.25) is 0 Å². The molecule has 2 aliphatic heterocycles. The maximum Gasteiger partial charge on any atom is 0.333 e. The third kappa shape index (κ3) is 4.40. The molecule has 0 N–H and O–H groups in total. The van der Waals surface area contributed by atoms with E-state index in [-0.39, 0.29) is 17.7 Å². The molecule has 0 unspecified atom stereocenters. The Bertz CT molecular complexity index is 3090. The van der Waals surface area contributed by atoms with Gasteiger partial charge in [0.05, 0.1) is 11.0 Å². The first-order valence-electron chi connectivity index (χ1n) is 20.6. The summed E-state index contributed by atoms with van der Waals surface area (Å²) in [6.45, 7) is 9.63. The fraction of sp³-hybridized carbons (Fsp3) is 0.111. The van der Waals surface area contributed by atoms with E-state index in [0.717, 1.165) is 17.1 Å². The molecule has 8 aromatic carbocycles. The Kier molecular flexibility index (Phi) is 6.83. The lowest BCUT2D eigenvalue weighted by Gasteiger charge is -2.47. The molecule has 1 aromatic heterocycles. The molecule has 0 fully saturated rings. The van der Waals surface area contributed by atoms with Gasteiger partial charge in [-0.3, -0.25) is 0 Å². The zero-order valence-electron chi connectivity index (χ0n) is 33.2. The smallest absolute Gasteiger partial charge is 0.333 e. The molecule has 12 rings (SSSR count). The SMILES string of the molecule is CC1(C)c2ccccc2C(C)(C)c2cc3c(cc21)-c1cc(N(c2ccccc2)c2ccccc2)cc2c1B(c1cccc4c5ccccc5n-2c14)N3c1ccccc1. The predicted molar refractivity (Wildman–Crippen MR) is 245 cm³/mol. The van der Waals surface area contributed by atoms with Crippen LogP contribution in [0.25, 0.3) is 38.6 Å².